The van der Waals surface area contributed by atoms with E-state index in [2.05, 4.69) is 19.9 Å². The topological polar surface area (TPSA) is 48.0 Å². The zero-order valence-corrected chi connectivity index (χ0v) is 21.6. The van der Waals surface area contributed by atoms with E-state index in [0.29, 0.717) is 33.9 Å². The number of benzene rings is 3. The van der Waals surface area contributed by atoms with E-state index in [9.17, 15) is 4.79 Å². The summed E-state index contributed by atoms with van der Waals surface area (Å²) in [5.74, 6) is 2.00. The number of thioether (sulfide) groups is 1. The molecule has 0 atom stereocenters. The molecule has 1 aliphatic rings. The molecule has 1 aliphatic heterocycles. The van der Waals surface area contributed by atoms with Gasteiger partial charge in [0.05, 0.1) is 30.9 Å². The van der Waals surface area contributed by atoms with Crippen LogP contribution in [0.4, 0.5) is 5.69 Å². The van der Waals surface area contributed by atoms with Crippen LogP contribution in [-0.2, 0) is 4.79 Å². The number of ether oxygens (including phenoxy) is 3. The van der Waals surface area contributed by atoms with Gasteiger partial charge in [-0.1, -0.05) is 54.3 Å². The molecule has 0 aromatic heterocycles. The lowest BCUT2D eigenvalue weighted by atomic mass is 10.1. The number of para-hydroxylation sites is 1. The van der Waals surface area contributed by atoms with E-state index in [1.54, 1.807) is 12.0 Å². The van der Waals surface area contributed by atoms with E-state index in [0.717, 1.165) is 23.4 Å². The number of amides is 1. The maximum Gasteiger partial charge on any atom is 0.270 e. The first-order valence-corrected chi connectivity index (χ1v) is 12.5. The lowest BCUT2D eigenvalue weighted by Gasteiger charge is -2.14. The van der Waals surface area contributed by atoms with Crippen LogP contribution in [0.1, 0.15) is 23.1 Å². The molecule has 5 nitrogen and oxygen atoms in total. The summed E-state index contributed by atoms with van der Waals surface area (Å²) < 4.78 is 17.8. The monoisotopic (exact) mass is 505 g/mol. The fourth-order valence-electron chi connectivity index (χ4n) is 3.76. The van der Waals surface area contributed by atoms with Crippen molar-refractivity contribution in [2.24, 2.45) is 0 Å². The van der Waals surface area contributed by atoms with Gasteiger partial charge < -0.3 is 14.2 Å². The third-order valence-corrected chi connectivity index (χ3v) is 6.61. The van der Waals surface area contributed by atoms with Crippen molar-refractivity contribution in [2.45, 2.75) is 20.3 Å². The highest BCUT2D eigenvalue weighted by molar-refractivity contribution is 8.27. The van der Waals surface area contributed by atoms with Crippen LogP contribution in [-0.4, -0.2) is 30.6 Å². The Morgan fingerprint density at radius 2 is 1.63 bits per heavy atom. The quantitative estimate of drug-likeness (QED) is 0.186. The van der Waals surface area contributed by atoms with Crippen LogP contribution in [0.15, 0.2) is 71.6 Å². The van der Waals surface area contributed by atoms with Gasteiger partial charge in [-0.2, -0.15) is 0 Å². The molecule has 0 saturated carbocycles. The predicted octanol–water partition coefficient (Wildman–Crippen LogP) is 6.57. The Bertz CT molecular complexity index is 1240. The fraction of sp³-hybridized carbons (Fsp3) is 0.214. The second-order valence-corrected chi connectivity index (χ2v) is 9.81. The van der Waals surface area contributed by atoms with Crippen molar-refractivity contribution < 1.29 is 19.0 Å². The highest BCUT2D eigenvalue weighted by atomic mass is 32.2. The van der Waals surface area contributed by atoms with Gasteiger partial charge in [0.1, 0.15) is 5.75 Å². The Kier molecular flexibility index (Phi) is 8.10. The molecule has 3 aromatic carbocycles. The summed E-state index contributed by atoms with van der Waals surface area (Å²) in [4.78, 5) is 15.1. The number of hydrogen-bond acceptors (Lipinski definition) is 6. The molecule has 0 bridgehead atoms. The van der Waals surface area contributed by atoms with E-state index in [4.69, 9.17) is 26.4 Å². The van der Waals surface area contributed by atoms with Crippen molar-refractivity contribution in [1.82, 2.24) is 0 Å². The van der Waals surface area contributed by atoms with Crippen LogP contribution in [0, 0.1) is 13.8 Å². The zero-order chi connectivity index (χ0) is 24.8. The van der Waals surface area contributed by atoms with Gasteiger partial charge in [-0.25, -0.2) is 0 Å². The molecule has 1 amide bonds. The zero-order valence-electron chi connectivity index (χ0n) is 19.9. The fourth-order valence-corrected chi connectivity index (χ4v) is 5.06. The third-order valence-electron chi connectivity index (χ3n) is 5.30. The van der Waals surface area contributed by atoms with Gasteiger partial charge in [-0.15, -0.1) is 0 Å². The van der Waals surface area contributed by atoms with Gasteiger partial charge in [0, 0.05) is 6.42 Å². The lowest BCUT2D eigenvalue weighted by Crippen LogP contribution is -2.27. The Morgan fingerprint density at radius 3 is 2.34 bits per heavy atom. The number of hydrogen-bond donors (Lipinski definition) is 0. The molecule has 1 heterocycles. The van der Waals surface area contributed by atoms with Crippen LogP contribution in [0.5, 0.6) is 17.2 Å². The highest BCUT2D eigenvalue weighted by Crippen LogP contribution is 2.37. The van der Waals surface area contributed by atoms with Crippen LogP contribution >= 0.6 is 24.0 Å². The smallest absolute Gasteiger partial charge is 0.270 e. The second-order valence-electron chi connectivity index (χ2n) is 8.14. The number of rotatable bonds is 9. The maximum atomic E-state index is 13.0. The molecule has 0 spiro atoms. The SMILES string of the molecule is COc1cc(/C=C2/SC(=S)N(c3ccccc3)C2=O)ccc1OCCCOc1cc(C)cc(C)c1. The molecule has 4 rings (SSSR count). The molecule has 35 heavy (non-hydrogen) atoms. The molecule has 180 valence electrons. The van der Waals surface area contributed by atoms with Crippen molar-refractivity contribution in [2.75, 3.05) is 25.2 Å². The first kappa shape index (κ1) is 24.8. The minimum Gasteiger partial charge on any atom is -0.493 e. The number of aryl methyl sites for hydroxylation is 2. The predicted molar refractivity (Wildman–Crippen MR) is 147 cm³/mol. The Labute approximate surface area is 215 Å². The van der Waals surface area contributed by atoms with Crippen LogP contribution in [0.25, 0.3) is 6.08 Å². The van der Waals surface area contributed by atoms with E-state index >= 15 is 0 Å². The number of anilines is 1. The van der Waals surface area contributed by atoms with Gasteiger partial charge in [-0.05, 0) is 73.0 Å². The lowest BCUT2D eigenvalue weighted by molar-refractivity contribution is -0.113. The van der Waals surface area contributed by atoms with Gasteiger partial charge >= 0.3 is 0 Å². The van der Waals surface area contributed by atoms with E-state index in [1.165, 1.54) is 22.9 Å². The van der Waals surface area contributed by atoms with Crippen LogP contribution < -0.4 is 19.1 Å². The summed E-state index contributed by atoms with van der Waals surface area (Å²) in [5.41, 5.74) is 3.97. The highest BCUT2D eigenvalue weighted by Gasteiger charge is 2.33. The number of carbonyl (C=O) groups is 1. The number of nitrogens with zero attached hydrogens (tertiary/aromatic N) is 1. The summed E-state index contributed by atoms with van der Waals surface area (Å²) in [7, 11) is 1.60. The second kappa shape index (κ2) is 11.4. The van der Waals surface area contributed by atoms with Gasteiger partial charge in [0.15, 0.2) is 15.8 Å². The molecule has 7 heteroatoms. The Balaban J connectivity index is 1.36. The molecule has 0 aliphatic carbocycles. The molecule has 0 unspecified atom stereocenters. The largest absolute Gasteiger partial charge is 0.493 e. The molecule has 3 aromatic rings. The standard InChI is InChI=1S/C28H27NO4S2/c1-19-14-20(2)16-23(15-19)32-12-7-13-33-24-11-10-21(17-25(24)31-3)18-26-27(30)29(28(34)35-26)22-8-5-4-6-9-22/h4-6,8-11,14-18H,7,12-13H2,1-3H3/b26-18+. The Hall–Kier alpha value is -3.29. The summed E-state index contributed by atoms with van der Waals surface area (Å²) in [6.45, 7) is 5.18. The number of methoxy groups -OCH3 is 1. The summed E-state index contributed by atoms with van der Waals surface area (Å²) in [6.07, 6.45) is 2.56. The molecular formula is C28H27NO4S2. The van der Waals surface area contributed by atoms with Crippen LogP contribution in [0.3, 0.4) is 0 Å². The van der Waals surface area contributed by atoms with Gasteiger partial charge in [-0.3, -0.25) is 9.69 Å². The summed E-state index contributed by atoms with van der Waals surface area (Å²) in [5, 5.41) is 0. The molecule has 1 fully saturated rings. The first-order chi connectivity index (χ1) is 16.9. The molecular weight excluding hydrogens is 478 g/mol. The van der Waals surface area contributed by atoms with E-state index in [1.807, 2.05) is 66.7 Å². The number of carbonyl (C=O) groups excluding carboxylic acids is 1. The minimum atomic E-state index is -0.130. The molecule has 1 saturated heterocycles. The molecule has 0 N–H and O–H groups in total. The first-order valence-electron chi connectivity index (χ1n) is 11.3. The minimum absolute atomic E-state index is 0.130. The maximum absolute atomic E-state index is 13.0. The summed E-state index contributed by atoms with van der Waals surface area (Å²) >= 11 is 6.74. The number of thiocarbonyl (C=S) groups is 1. The Morgan fingerprint density at radius 1 is 0.914 bits per heavy atom. The normalized spacial score (nSPS) is 14.5. The van der Waals surface area contributed by atoms with E-state index < -0.39 is 0 Å². The average Bonchev–Trinajstić information content (AvgIpc) is 3.11. The van der Waals surface area contributed by atoms with E-state index in [-0.39, 0.29) is 5.91 Å². The van der Waals surface area contributed by atoms with Gasteiger partial charge in [0.2, 0.25) is 0 Å². The van der Waals surface area contributed by atoms with Crippen molar-refractivity contribution in [3.05, 3.63) is 88.3 Å². The molecule has 0 radical (unpaired) electrons. The van der Waals surface area contributed by atoms with Crippen LogP contribution in [0.2, 0.25) is 0 Å². The third kappa shape index (κ3) is 6.24. The van der Waals surface area contributed by atoms with Crippen molar-refractivity contribution >= 4 is 46.0 Å². The average molecular weight is 506 g/mol. The van der Waals surface area contributed by atoms with Crippen molar-refractivity contribution in [3.8, 4) is 17.2 Å². The van der Waals surface area contributed by atoms with Crippen molar-refractivity contribution in [3.63, 3.8) is 0 Å². The summed E-state index contributed by atoms with van der Waals surface area (Å²) in [6, 6.07) is 21.2. The van der Waals surface area contributed by atoms with Crippen molar-refractivity contribution in [1.29, 1.82) is 0 Å². The van der Waals surface area contributed by atoms with Gasteiger partial charge in [0.25, 0.3) is 5.91 Å².